The number of halogens is 1. The van der Waals surface area contributed by atoms with Crippen LogP contribution in [0.4, 0.5) is 11.4 Å². The Kier molecular flexibility index (Phi) is 6.49. The summed E-state index contributed by atoms with van der Waals surface area (Å²) in [7, 11) is 0. The number of furan rings is 1. The van der Waals surface area contributed by atoms with E-state index >= 15 is 0 Å². The molecule has 6 nitrogen and oxygen atoms in total. The van der Waals surface area contributed by atoms with Crippen LogP contribution in [0.1, 0.15) is 21.7 Å². The van der Waals surface area contributed by atoms with Crippen LogP contribution in [0, 0.1) is 6.92 Å². The van der Waals surface area contributed by atoms with Gasteiger partial charge in [-0.3, -0.25) is 9.59 Å². The molecule has 0 unspecified atom stereocenters. The molecule has 3 rings (SSSR count). The largest absolute Gasteiger partial charge is 0.467 e. The molecule has 144 valence electrons. The first-order valence-corrected chi connectivity index (χ1v) is 9.51. The van der Waals surface area contributed by atoms with Crippen LogP contribution in [0.15, 0.2) is 69.8 Å². The van der Waals surface area contributed by atoms with E-state index in [4.69, 9.17) is 4.42 Å². The molecule has 1 heterocycles. The number of benzene rings is 2. The zero-order chi connectivity index (χ0) is 19.9. The number of rotatable bonds is 7. The average Bonchev–Trinajstić information content (AvgIpc) is 3.21. The Morgan fingerprint density at radius 2 is 1.89 bits per heavy atom. The number of anilines is 2. The Hall–Kier alpha value is -3.06. The molecule has 28 heavy (non-hydrogen) atoms. The minimum Gasteiger partial charge on any atom is -0.467 e. The van der Waals surface area contributed by atoms with Crippen LogP contribution >= 0.6 is 15.9 Å². The van der Waals surface area contributed by atoms with Gasteiger partial charge in [-0.1, -0.05) is 28.1 Å². The Bertz CT molecular complexity index is 971. The first-order valence-electron chi connectivity index (χ1n) is 8.72. The van der Waals surface area contributed by atoms with E-state index in [0.717, 1.165) is 15.7 Å². The molecular formula is C21H20BrN3O3. The van der Waals surface area contributed by atoms with Gasteiger partial charge in [0.1, 0.15) is 5.76 Å². The Morgan fingerprint density at radius 3 is 2.64 bits per heavy atom. The molecule has 2 amide bonds. The van der Waals surface area contributed by atoms with Gasteiger partial charge in [0.2, 0.25) is 5.91 Å². The maximum Gasteiger partial charge on any atom is 0.253 e. The van der Waals surface area contributed by atoms with Crippen LogP contribution in [0.5, 0.6) is 0 Å². The number of hydrogen-bond acceptors (Lipinski definition) is 4. The highest BCUT2D eigenvalue weighted by atomic mass is 79.9. The second-order valence-electron chi connectivity index (χ2n) is 6.17. The normalized spacial score (nSPS) is 10.4. The van der Waals surface area contributed by atoms with Crippen molar-refractivity contribution in [2.24, 2.45) is 0 Å². The highest BCUT2D eigenvalue weighted by Gasteiger charge is 2.12. The maximum absolute atomic E-state index is 12.5. The first kappa shape index (κ1) is 19.7. The summed E-state index contributed by atoms with van der Waals surface area (Å²) in [6.07, 6.45) is 1.56. The van der Waals surface area contributed by atoms with Crippen molar-refractivity contribution in [3.63, 3.8) is 0 Å². The fourth-order valence-corrected chi connectivity index (χ4v) is 2.86. The molecule has 2 aromatic carbocycles. The number of para-hydroxylation sites is 1. The van der Waals surface area contributed by atoms with Crippen LogP contribution in [-0.2, 0) is 11.3 Å². The zero-order valence-corrected chi connectivity index (χ0v) is 16.9. The van der Waals surface area contributed by atoms with Crippen molar-refractivity contribution in [3.05, 3.63) is 82.2 Å². The van der Waals surface area contributed by atoms with E-state index in [-0.39, 0.29) is 18.4 Å². The lowest BCUT2D eigenvalue weighted by molar-refractivity contribution is -0.114. The van der Waals surface area contributed by atoms with Crippen LogP contribution in [0.3, 0.4) is 0 Å². The van der Waals surface area contributed by atoms with E-state index in [9.17, 15) is 9.59 Å². The monoisotopic (exact) mass is 441 g/mol. The van der Waals surface area contributed by atoms with Gasteiger partial charge in [0.25, 0.3) is 5.91 Å². The van der Waals surface area contributed by atoms with Crippen molar-refractivity contribution in [2.45, 2.75) is 13.5 Å². The standard InChI is InChI=1S/C21H20BrN3O3/c1-14-11-15(8-9-18(14)22)25-20(26)13-23-19-7-3-2-6-17(19)21(27)24-12-16-5-4-10-28-16/h2-11,23H,12-13H2,1H3,(H,24,27)(H,25,26). The molecule has 0 aliphatic heterocycles. The highest BCUT2D eigenvalue weighted by Crippen LogP contribution is 2.20. The third-order valence-corrected chi connectivity index (χ3v) is 4.95. The van der Waals surface area contributed by atoms with Gasteiger partial charge in [-0.05, 0) is 55.0 Å². The molecular weight excluding hydrogens is 422 g/mol. The third-order valence-electron chi connectivity index (χ3n) is 4.06. The molecule has 0 aliphatic rings. The number of nitrogens with one attached hydrogen (secondary N) is 3. The van der Waals surface area contributed by atoms with Crippen molar-refractivity contribution >= 4 is 39.1 Å². The molecule has 0 radical (unpaired) electrons. The molecule has 0 aliphatic carbocycles. The number of amides is 2. The van der Waals surface area contributed by atoms with Crippen molar-refractivity contribution < 1.29 is 14.0 Å². The third kappa shape index (κ3) is 5.23. The SMILES string of the molecule is Cc1cc(NC(=O)CNc2ccccc2C(=O)NCc2ccco2)ccc1Br. The van der Waals surface area contributed by atoms with Gasteiger partial charge in [-0.2, -0.15) is 0 Å². The Balaban J connectivity index is 1.58. The van der Waals surface area contributed by atoms with Gasteiger partial charge in [-0.15, -0.1) is 0 Å². The summed E-state index contributed by atoms with van der Waals surface area (Å²) in [5, 5.41) is 8.67. The van der Waals surface area contributed by atoms with Gasteiger partial charge in [-0.25, -0.2) is 0 Å². The summed E-state index contributed by atoms with van der Waals surface area (Å²) in [5.74, 6) is 0.221. The number of hydrogen-bond donors (Lipinski definition) is 3. The van der Waals surface area contributed by atoms with Crippen LogP contribution in [-0.4, -0.2) is 18.4 Å². The van der Waals surface area contributed by atoms with E-state index in [1.165, 1.54) is 0 Å². The molecule has 0 spiro atoms. The van der Waals surface area contributed by atoms with E-state index in [0.29, 0.717) is 23.6 Å². The quantitative estimate of drug-likeness (QED) is 0.509. The van der Waals surface area contributed by atoms with Crippen LogP contribution < -0.4 is 16.0 Å². The minimum absolute atomic E-state index is 0.0393. The maximum atomic E-state index is 12.5. The Morgan fingerprint density at radius 1 is 1.07 bits per heavy atom. The highest BCUT2D eigenvalue weighted by molar-refractivity contribution is 9.10. The topological polar surface area (TPSA) is 83.4 Å². The molecule has 3 aromatic rings. The van der Waals surface area contributed by atoms with Gasteiger partial charge in [0.05, 0.1) is 24.9 Å². The summed E-state index contributed by atoms with van der Waals surface area (Å²) in [6.45, 7) is 2.29. The summed E-state index contributed by atoms with van der Waals surface area (Å²) >= 11 is 3.43. The lowest BCUT2D eigenvalue weighted by Gasteiger charge is -2.12. The van der Waals surface area contributed by atoms with E-state index < -0.39 is 0 Å². The molecule has 0 saturated heterocycles. The number of carbonyl (C=O) groups is 2. The van der Waals surface area contributed by atoms with Gasteiger partial charge in [0, 0.05) is 15.8 Å². The molecule has 7 heteroatoms. The van der Waals surface area contributed by atoms with E-state index in [1.807, 2.05) is 31.2 Å². The van der Waals surface area contributed by atoms with Crippen LogP contribution in [0.2, 0.25) is 0 Å². The lowest BCUT2D eigenvalue weighted by atomic mass is 10.1. The van der Waals surface area contributed by atoms with Crippen LogP contribution in [0.25, 0.3) is 0 Å². The summed E-state index contributed by atoms with van der Waals surface area (Å²) in [6, 6.07) is 16.2. The van der Waals surface area contributed by atoms with Crippen molar-refractivity contribution in [1.82, 2.24) is 5.32 Å². The van der Waals surface area contributed by atoms with Crippen molar-refractivity contribution in [2.75, 3.05) is 17.2 Å². The molecule has 3 N–H and O–H groups in total. The number of aryl methyl sites for hydroxylation is 1. The summed E-state index contributed by atoms with van der Waals surface area (Å²) in [4.78, 5) is 24.7. The fourth-order valence-electron chi connectivity index (χ4n) is 2.61. The molecule has 0 bridgehead atoms. The van der Waals surface area contributed by atoms with E-state index in [1.54, 1.807) is 36.6 Å². The van der Waals surface area contributed by atoms with Gasteiger partial charge in [0.15, 0.2) is 0 Å². The van der Waals surface area contributed by atoms with Crippen molar-refractivity contribution in [3.8, 4) is 0 Å². The minimum atomic E-state index is -0.247. The summed E-state index contributed by atoms with van der Waals surface area (Å²) in [5.41, 5.74) is 2.80. The first-order chi connectivity index (χ1) is 13.5. The smallest absolute Gasteiger partial charge is 0.253 e. The molecule has 0 saturated carbocycles. The predicted molar refractivity (Wildman–Crippen MR) is 112 cm³/mol. The van der Waals surface area contributed by atoms with Gasteiger partial charge >= 0.3 is 0 Å². The number of carbonyl (C=O) groups excluding carboxylic acids is 2. The molecule has 0 atom stereocenters. The second kappa shape index (κ2) is 9.23. The molecule has 1 aromatic heterocycles. The Labute approximate surface area is 171 Å². The summed E-state index contributed by atoms with van der Waals surface area (Å²) < 4.78 is 6.20. The zero-order valence-electron chi connectivity index (χ0n) is 15.3. The predicted octanol–water partition coefficient (Wildman–Crippen LogP) is 4.33. The second-order valence-corrected chi connectivity index (χ2v) is 7.03. The van der Waals surface area contributed by atoms with Gasteiger partial charge < -0.3 is 20.4 Å². The molecule has 0 fully saturated rings. The lowest BCUT2D eigenvalue weighted by Crippen LogP contribution is -2.26. The van der Waals surface area contributed by atoms with Crippen molar-refractivity contribution in [1.29, 1.82) is 0 Å². The van der Waals surface area contributed by atoms with E-state index in [2.05, 4.69) is 31.9 Å². The average molecular weight is 442 g/mol. The fraction of sp³-hybridized carbons (Fsp3) is 0.143.